The molecule has 0 aliphatic rings. The van der Waals surface area contributed by atoms with Crippen molar-refractivity contribution in [2.45, 2.75) is 42.8 Å². The molecule has 1 N–H and O–H groups in total. The normalized spacial score (nSPS) is 13.6. The summed E-state index contributed by atoms with van der Waals surface area (Å²) in [5.74, 6) is -6.64. The molecule has 0 atom stereocenters. The molecule has 0 unspecified atom stereocenters. The highest BCUT2D eigenvalue weighted by atomic mass is 19.4. The summed E-state index contributed by atoms with van der Waals surface area (Å²) in [5.41, 5.74) is -11.9. The Labute approximate surface area is 168 Å². The third kappa shape index (κ3) is 5.49. The van der Waals surface area contributed by atoms with Crippen LogP contribution in [0.3, 0.4) is 0 Å². The largest absolute Gasteiger partial charge is 0.450 e. The number of halogens is 12. The Balaban J connectivity index is 5.86. The fraction of sp³-hybridized carbons (Fsp3) is 0.571. The standard InChI is InChI=1S/C14H8F12O6/c1-6(2)32-8(28)10(13(21,22)23,14(24,25)26)31-5-3-4-30-7(27)9(29,11(15,16)17)12(18,19)20/h29H,1,4H2,2H3. The highest BCUT2D eigenvalue weighted by Gasteiger charge is 2.80. The third-order valence-electron chi connectivity index (χ3n) is 3.02. The molecule has 0 spiro atoms. The third-order valence-corrected chi connectivity index (χ3v) is 3.02. The molecule has 184 valence electrons. The summed E-state index contributed by atoms with van der Waals surface area (Å²) in [5, 5.41) is 8.64. The molecule has 0 aromatic carbocycles. The van der Waals surface area contributed by atoms with Gasteiger partial charge in [0.25, 0.3) is 0 Å². The van der Waals surface area contributed by atoms with E-state index in [1.54, 1.807) is 0 Å². The number of carbonyl (C=O) groups excluding carboxylic acids is 2. The van der Waals surface area contributed by atoms with Crippen molar-refractivity contribution in [1.29, 1.82) is 0 Å². The molecule has 32 heavy (non-hydrogen) atoms. The van der Waals surface area contributed by atoms with Crippen LogP contribution in [0.25, 0.3) is 0 Å². The van der Waals surface area contributed by atoms with Gasteiger partial charge in [-0.25, -0.2) is 9.59 Å². The summed E-state index contributed by atoms with van der Waals surface area (Å²) < 4.78 is 163. The molecule has 0 rings (SSSR count). The molecule has 0 fully saturated rings. The van der Waals surface area contributed by atoms with Crippen LogP contribution in [0.2, 0.25) is 0 Å². The lowest BCUT2D eigenvalue weighted by molar-refractivity contribution is -0.357. The average molecular weight is 500 g/mol. The maximum absolute atomic E-state index is 13.0. The Morgan fingerprint density at radius 2 is 1.22 bits per heavy atom. The predicted octanol–water partition coefficient (Wildman–Crippen LogP) is 3.30. The topological polar surface area (TPSA) is 82.1 Å². The van der Waals surface area contributed by atoms with Gasteiger partial charge in [0.15, 0.2) is 6.61 Å². The number of hydrogen-bond donors (Lipinski definition) is 1. The number of ether oxygens (including phenoxy) is 3. The number of hydrogen-bond acceptors (Lipinski definition) is 6. The molecule has 0 saturated heterocycles. The fourth-order valence-corrected chi connectivity index (χ4v) is 1.52. The summed E-state index contributed by atoms with van der Waals surface area (Å²) in [7, 11) is 0. The summed E-state index contributed by atoms with van der Waals surface area (Å²) >= 11 is 0. The molecule has 0 aromatic rings. The van der Waals surface area contributed by atoms with Crippen LogP contribution in [0.5, 0.6) is 0 Å². The number of alkyl halides is 12. The van der Waals surface area contributed by atoms with Crippen molar-refractivity contribution in [3.8, 4) is 12.0 Å². The number of carbonyl (C=O) groups is 2. The SMILES string of the molecule is C=C(C)OC(=O)C(OC#CCOC(=O)C(O)(C(F)(F)F)C(F)(F)F)(C(F)(F)F)C(F)(F)F. The Kier molecular flexibility index (Phi) is 8.16. The van der Waals surface area contributed by atoms with Gasteiger partial charge in [0.05, 0.1) is 5.76 Å². The maximum atomic E-state index is 13.0. The molecule has 0 radical (unpaired) electrons. The highest BCUT2D eigenvalue weighted by molar-refractivity contribution is 5.83. The lowest BCUT2D eigenvalue weighted by atomic mass is 10.0. The first-order valence-corrected chi connectivity index (χ1v) is 7.17. The monoisotopic (exact) mass is 500 g/mol. The molecule has 0 amide bonds. The second-order valence-electron chi connectivity index (χ2n) is 5.43. The average Bonchev–Trinajstić information content (AvgIpc) is 2.51. The van der Waals surface area contributed by atoms with E-state index in [0.717, 1.165) is 5.92 Å². The van der Waals surface area contributed by atoms with Crippen molar-refractivity contribution < 1.29 is 81.6 Å². The van der Waals surface area contributed by atoms with E-state index in [1.807, 2.05) is 0 Å². The molecule has 18 heteroatoms. The van der Waals surface area contributed by atoms with E-state index in [4.69, 9.17) is 5.11 Å². The van der Waals surface area contributed by atoms with Gasteiger partial charge in [-0.05, 0) is 12.8 Å². The van der Waals surface area contributed by atoms with Gasteiger partial charge < -0.3 is 19.3 Å². The van der Waals surface area contributed by atoms with E-state index in [0.29, 0.717) is 13.0 Å². The van der Waals surface area contributed by atoms with Gasteiger partial charge in [-0.15, -0.1) is 0 Å². The van der Waals surface area contributed by atoms with E-state index in [-0.39, 0.29) is 0 Å². The predicted molar refractivity (Wildman–Crippen MR) is 72.6 cm³/mol. The second kappa shape index (κ2) is 8.96. The van der Waals surface area contributed by atoms with Crippen molar-refractivity contribution in [2.75, 3.05) is 6.61 Å². The van der Waals surface area contributed by atoms with Crippen molar-refractivity contribution >= 4 is 11.9 Å². The summed E-state index contributed by atoms with van der Waals surface area (Å²) in [6.07, 6.45) is -26.0. The molecular weight excluding hydrogens is 492 g/mol. The first kappa shape index (κ1) is 29.2. The Morgan fingerprint density at radius 3 is 1.53 bits per heavy atom. The minimum Gasteiger partial charge on any atom is -0.450 e. The van der Waals surface area contributed by atoms with Crippen LogP contribution >= 0.6 is 0 Å². The molecule has 0 aliphatic heterocycles. The van der Waals surface area contributed by atoms with E-state index in [9.17, 15) is 62.3 Å². The summed E-state index contributed by atoms with van der Waals surface area (Å²) in [4.78, 5) is 22.4. The summed E-state index contributed by atoms with van der Waals surface area (Å²) in [6, 6.07) is 0. The lowest BCUT2D eigenvalue weighted by Gasteiger charge is -2.32. The second-order valence-corrected chi connectivity index (χ2v) is 5.43. The molecule has 0 heterocycles. The van der Waals surface area contributed by atoms with Crippen LogP contribution in [0.4, 0.5) is 52.7 Å². The minimum absolute atomic E-state index is 0.536. The van der Waals surface area contributed by atoms with Crippen molar-refractivity contribution in [2.24, 2.45) is 0 Å². The quantitative estimate of drug-likeness (QED) is 0.270. The zero-order valence-corrected chi connectivity index (χ0v) is 14.9. The Morgan fingerprint density at radius 1 is 0.812 bits per heavy atom. The van der Waals surface area contributed by atoms with E-state index in [1.165, 1.54) is 0 Å². The van der Waals surface area contributed by atoms with Crippen LogP contribution < -0.4 is 0 Å². The first-order chi connectivity index (χ1) is 14.0. The van der Waals surface area contributed by atoms with Gasteiger partial charge in [0.1, 0.15) is 6.11 Å². The van der Waals surface area contributed by atoms with Crippen LogP contribution in [0, 0.1) is 12.0 Å². The molecule has 0 aromatic heterocycles. The Hall–Kier alpha value is -2.84. The van der Waals surface area contributed by atoms with E-state index in [2.05, 4.69) is 20.8 Å². The van der Waals surface area contributed by atoms with E-state index < -0.39 is 60.2 Å². The van der Waals surface area contributed by atoms with Crippen LogP contribution in [-0.2, 0) is 23.8 Å². The molecule has 0 saturated carbocycles. The lowest BCUT2D eigenvalue weighted by Crippen LogP contribution is -2.64. The first-order valence-electron chi connectivity index (χ1n) is 7.17. The minimum atomic E-state index is -6.68. The van der Waals surface area contributed by atoms with Crippen LogP contribution in [-0.4, -0.2) is 59.6 Å². The zero-order valence-electron chi connectivity index (χ0n) is 14.9. The van der Waals surface area contributed by atoms with Crippen molar-refractivity contribution in [3.63, 3.8) is 0 Å². The molecule has 0 bridgehead atoms. The van der Waals surface area contributed by atoms with Crippen molar-refractivity contribution in [3.05, 3.63) is 12.3 Å². The van der Waals surface area contributed by atoms with Gasteiger partial charge >= 0.3 is 47.8 Å². The van der Waals surface area contributed by atoms with Gasteiger partial charge in [0.2, 0.25) is 0 Å². The van der Waals surface area contributed by atoms with E-state index >= 15 is 0 Å². The zero-order chi connectivity index (χ0) is 26.0. The highest BCUT2D eigenvalue weighted by Crippen LogP contribution is 2.47. The maximum Gasteiger partial charge on any atom is 0.450 e. The van der Waals surface area contributed by atoms with Gasteiger partial charge in [-0.3, -0.25) is 0 Å². The van der Waals surface area contributed by atoms with Gasteiger partial charge in [-0.2, -0.15) is 52.7 Å². The fourth-order valence-electron chi connectivity index (χ4n) is 1.52. The van der Waals surface area contributed by atoms with Crippen LogP contribution in [0.15, 0.2) is 12.3 Å². The number of aliphatic hydroxyl groups is 1. The number of esters is 2. The smallest absolute Gasteiger partial charge is 0.450 e. The molecule has 0 aliphatic carbocycles. The van der Waals surface area contributed by atoms with Crippen LogP contribution in [0.1, 0.15) is 6.92 Å². The van der Waals surface area contributed by atoms with Crippen molar-refractivity contribution in [1.82, 2.24) is 0 Å². The molecule has 6 nitrogen and oxygen atoms in total. The Bertz CT molecular complexity index is 765. The molecular formula is C14H8F12O6. The van der Waals surface area contributed by atoms with Gasteiger partial charge in [0, 0.05) is 0 Å². The van der Waals surface area contributed by atoms with Gasteiger partial charge in [-0.1, -0.05) is 6.58 Å². The summed E-state index contributed by atoms with van der Waals surface area (Å²) in [6.45, 7) is 1.37. The number of rotatable bonds is 5. The number of allylic oxidation sites excluding steroid dienone is 1.